The van der Waals surface area contributed by atoms with Crippen LogP contribution in [-0.2, 0) is 10.9 Å². The van der Waals surface area contributed by atoms with Crippen LogP contribution in [0.4, 0.5) is 0 Å². The molecule has 1 rings (SSSR count). The van der Waals surface area contributed by atoms with Gasteiger partial charge in [-0.3, -0.25) is 4.57 Å². The topological polar surface area (TPSA) is 61.4 Å². The molecule has 15 heavy (non-hydrogen) atoms. The van der Waals surface area contributed by atoms with Crippen LogP contribution in [0.1, 0.15) is 31.7 Å². The van der Waals surface area contributed by atoms with Gasteiger partial charge in [0.2, 0.25) is 6.29 Å². The van der Waals surface area contributed by atoms with Crippen LogP contribution in [-0.4, -0.2) is 9.79 Å². The van der Waals surface area contributed by atoms with E-state index in [0.717, 1.165) is 6.42 Å². The second-order valence-corrected chi connectivity index (χ2v) is 5.37. The number of nitrogens with zero attached hydrogens (tertiary/aromatic N) is 1. The first kappa shape index (κ1) is 12.4. The molecule has 1 unspecified atom stereocenters. The van der Waals surface area contributed by atoms with E-state index in [1.165, 1.54) is 10.1 Å². The maximum atomic E-state index is 10.7. The van der Waals surface area contributed by atoms with Gasteiger partial charge in [-0.2, -0.15) is 4.57 Å². The lowest BCUT2D eigenvalue weighted by Crippen LogP contribution is -2.32. The molecule has 0 amide bonds. The molecule has 0 radical (unpaired) electrons. The SMILES string of the molecule is CCC(C)c1cc[n+](CP(=O)(O)O)cc1. The number of pyridine rings is 1. The molecule has 0 bridgehead atoms. The Hall–Kier alpha value is -0.700. The van der Waals surface area contributed by atoms with Gasteiger partial charge in [-0.15, -0.1) is 0 Å². The predicted octanol–water partition coefficient (Wildman–Crippen LogP) is 1.62. The van der Waals surface area contributed by atoms with Gasteiger partial charge in [0.1, 0.15) is 0 Å². The van der Waals surface area contributed by atoms with Crippen molar-refractivity contribution in [3.05, 3.63) is 30.1 Å². The summed E-state index contributed by atoms with van der Waals surface area (Å²) in [6.07, 6.45) is 4.22. The van der Waals surface area contributed by atoms with E-state index in [1.807, 2.05) is 12.1 Å². The van der Waals surface area contributed by atoms with Gasteiger partial charge in [0.25, 0.3) is 0 Å². The van der Waals surface area contributed by atoms with Crippen molar-refractivity contribution in [2.45, 2.75) is 32.5 Å². The number of aromatic nitrogens is 1. The monoisotopic (exact) mass is 230 g/mol. The molecule has 0 saturated carbocycles. The zero-order chi connectivity index (χ0) is 11.5. The molecule has 5 heteroatoms. The summed E-state index contributed by atoms with van der Waals surface area (Å²) in [5.41, 5.74) is 1.19. The third kappa shape index (κ3) is 4.12. The molecule has 0 spiro atoms. The van der Waals surface area contributed by atoms with Gasteiger partial charge in [-0.25, -0.2) is 0 Å². The van der Waals surface area contributed by atoms with Gasteiger partial charge < -0.3 is 9.79 Å². The average Bonchev–Trinajstić information content (AvgIpc) is 2.15. The van der Waals surface area contributed by atoms with Crippen LogP contribution in [0.3, 0.4) is 0 Å². The molecule has 0 aromatic carbocycles. The van der Waals surface area contributed by atoms with Crippen LogP contribution >= 0.6 is 7.60 Å². The molecule has 2 N–H and O–H groups in total. The van der Waals surface area contributed by atoms with Crippen molar-refractivity contribution in [3.63, 3.8) is 0 Å². The summed E-state index contributed by atoms with van der Waals surface area (Å²) in [6, 6.07) is 3.81. The highest BCUT2D eigenvalue weighted by Gasteiger charge is 2.19. The maximum Gasteiger partial charge on any atom is 0.390 e. The Labute approximate surface area is 89.7 Å². The van der Waals surface area contributed by atoms with Crippen LogP contribution in [0.5, 0.6) is 0 Å². The highest BCUT2D eigenvalue weighted by atomic mass is 31.2. The van der Waals surface area contributed by atoms with Gasteiger partial charge in [0, 0.05) is 12.1 Å². The second kappa shape index (κ2) is 4.88. The third-order valence-electron chi connectivity index (χ3n) is 2.45. The predicted molar refractivity (Wildman–Crippen MR) is 57.4 cm³/mol. The number of rotatable bonds is 4. The van der Waals surface area contributed by atoms with Crippen molar-refractivity contribution in [1.82, 2.24) is 0 Å². The second-order valence-electron chi connectivity index (χ2n) is 3.76. The summed E-state index contributed by atoms with van der Waals surface area (Å²) in [5.74, 6) is 0.481. The van der Waals surface area contributed by atoms with E-state index < -0.39 is 7.60 Å². The molecule has 1 heterocycles. The van der Waals surface area contributed by atoms with E-state index in [0.29, 0.717) is 5.92 Å². The first-order valence-electron chi connectivity index (χ1n) is 4.96. The fourth-order valence-corrected chi connectivity index (χ4v) is 1.95. The van der Waals surface area contributed by atoms with E-state index in [9.17, 15) is 4.57 Å². The highest BCUT2D eigenvalue weighted by molar-refractivity contribution is 7.50. The summed E-state index contributed by atoms with van der Waals surface area (Å²) < 4.78 is 12.3. The zero-order valence-electron chi connectivity index (χ0n) is 9.00. The van der Waals surface area contributed by atoms with E-state index >= 15 is 0 Å². The molecule has 0 aliphatic carbocycles. The van der Waals surface area contributed by atoms with Gasteiger partial charge in [-0.05, 0) is 17.9 Å². The van der Waals surface area contributed by atoms with Crippen LogP contribution in [0.2, 0.25) is 0 Å². The molecule has 84 valence electrons. The number of hydrogen-bond acceptors (Lipinski definition) is 1. The van der Waals surface area contributed by atoms with Crippen LogP contribution in [0.25, 0.3) is 0 Å². The Morgan fingerprint density at radius 1 is 1.40 bits per heavy atom. The van der Waals surface area contributed by atoms with E-state index in [1.54, 1.807) is 12.4 Å². The molecule has 1 aromatic rings. The molecule has 1 atom stereocenters. The molecule has 0 aliphatic heterocycles. The zero-order valence-corrected chi connectivity index (χ0v) is 9.89. The quantitative estimate of drug-likeness (QED) is 0.610. The average molecular weight is 230 g/mol. The Morgan fingerprint density at radius 2 is 1.93 bits per heavy atom. The fraction of sp³-hybridized carbons (Fsp3) is 0.500. The molecule has 4 nitrogen and oxygen atoms in total. The summed E-state index contributed by atoms with van der Waals surface area (Å²) in [6.45, 7) is 4.24. The first-order chi connectivity index (χ1) is 6.92. The van der Waals surface area contributed by atoms with Crippen LogP contribution in [0, 0.1) is 0 Å². The molecule has 0 fully saturated rings. The van der Waals surface area contributed by atoms with Crippen molar-refractivity contribution < 1.29 is 18.9 Å². The third-order valence-corrected chi connectivity index (χ3v) is 3.14. The Balaban J connectivity index is 2.77. The summed E-state index contributed by atoms with van der Waals surface area (Å²) in [4.78, 5) is 17.6. The molecule has 0 aliphatic rings. The molecule has 1 aromatic heterocycles. The lowest BCUT2D eigenvalue weighted by molar-refractivity contribution is -0.680. The minimum Gasteiger partial charge on any atom is -0.320 e. The van der Waals surface area contributed by atoms with Gasteiger partial charge in [0.15, 0.2) is 12.4 Å². The van der Waals surface area contributed by atoms with Gasteiger partial charge in [0.05, 0.1) is 0 Å². The maximum absolute atomic E-state index is 10.7. The number of hydrogen-bond donors (Lipinski definition) is 2. The van der Waals surface area contributed by atoms with Crippen molar-refractivity contribution in [2.24, 2.45) is 0 Å². The molecular formula is C10H17NO3P+. The minimum atomic E-state index is -3.97. The van der Waals surface area contributed by atoms with Crippen LogP contribution in [0.15, 0.2) is 24.5 Å². The largest absolute Gasteiger partial charge is 0.390 e. The standard InChI is InChI=1S/C10H16NO3P/c1-3-9(2)10-4-6-11(7-5-10)8-15(12,13)14/h4-7,9H,3,8H2,1-2H3,(H-,12,13,14)/p+1. The fourth-order valence-electron chi connectivity index (χ4n) is 1.34. The van der Waals surface area contributed by atoms with E-state index in [2.05, 4.69) is 13.8 Å². The molecule has 0 saturated heterocycles. The Morgan fingerprint density at radius 3 is 2.33 bits per heavy atom. The summed E-state index contributed by atoms with van der Waals surface area (Å²) >= 11 is 0. The van der Waals surface area contributed by atoms with E-state index in [-0.39, 0.29) is 6.29 Å². The van der Waals surface area contributed by atoms with Crippen molar-refractivity contribution in [1.29, 1.82) is 0 Å². The molecular weight excluding hydrogens is 213 g/mol. The van der Waals surface area contributed by atoms with Crippen molar-refractivity contribution >= 4 is 7.60 Å². The Kier molecular flexibility index (Phi) is 4.03. The lowest BCUT2D eigenvalue weighted by Gasteiger charge is -2.07. The highest BCUT2D eigenvalue weighted by Crippen LogP contribution is 2.33. The minimum absolute atomic E-state index is 0.256. The van der Waals surface area contributed by atoms with Crippen molar-refractivity contribution in [3.8, 4) is 0 Å². The smallest absolute Gasteiger partial charge is 0.320 e. The van der Waals surface area contributed by atoms with Gasteiger partial charge in [-0.1, -0.05) is 13.8 Å². The summed E-state index contributed by atoms with van der Waals surface area (Å²) in [5, 5.41) is 0. The van der Waals surface area contributed by atoms with Crippen molar-refractivity contribution in [2.75, 3.05) is 0 Å². The van der Waals surface area contributed by atoms with E-state index in [4.69, 9.17) is 9.79 Å². The first-order valence-corrected chi connectivity index (χ1v) is 6.75. The van der Waals surface area contributed by atoms with Crippen LogP contribution < -0.4 is 4.57 Å². The normalized spacial score (nSPS) is 13.9. The summed E-state index contributed by atoms with van der Waals surface area (Å²) in [7, 11) is -3.97. The van der Waals surface area contributed by atoms with Gasteiger partial charge >= 0.3 is 7.60 Å². The lowest BCUT2D eigenvalue weighted by atomic mass is 10.0. The Bertz CT molecular complexity index is 357.